The summed E-state index contributed by atoms with van der Waals surface area (Å²) in [5.41, 5.74) is 14.9. The molecule has 298 valence electrons. The van der Waals surface area contributed by atoms with Gasteiger partial charge in [-0.1, -0.05) is 176 Å². The lowest BCUT2D eigenvalue weighted by molar-refractivity contribution is 1.13. The van der Waals surface area contributed by atoms with Crippen LogP contribution in [0.5, 0.6) is 0 Å². The van der Waals surface area contributed by atoms with Crippen LogP contribution in [0.25, 0.3) is 111 Å². The van der Waals surface area contributed by atoms with Gasteiger partial charge in [0.1, 0.15) is 11.6 Å². The van der Waals surface area contributed by atoms with Crippen molar-refractivity contribution in [3.8, 4) is 73.6 Å². The average Bonchev–Trinajstić information content (AvgIpc) is 3.89. The summed E-state index contributed by atoms with van der Waals surface area (Å²) in [6.07, 6.45) is 0. The van der Waals surface area contributed by atoms with Gasteiger partial charge in [0.15, 0.2) is 5.82 Å². The Morgan fingerprint density at radius 3 is 1.25 bits per heavy atom. The standard InChI is InChI=1S/C59H37N5/c60-38-51-57(41-23-9-3-10-24-41)61-59(62-58(51)42-25-11-4-12-26-42)50-36-47(39-19-5-1-6-20-39)48(40-21-7-2-8-22-40)37-56(50)64-54-32-18-15-29-46(54)49-35-43(33-34-55(49)64)63-52-30-16-13-27-44(52)45-28-14-17-31-53(45)63/h1-37H. The Morgan fingerprint density at radius 2 is 0.750 bits per heavy atom. The molecule has 0 fully saturated rings. The molecule has 3 aromatic heterocycles. The maximum Gasteiger partial charge on any atom is 0.162 e. The lowest BCUT2D eigenvalue weighted by Gasteiger charge is -2.20. The number of nitrogens with zero attached hydrogens (tertiary/aromatic N) is 5. The Hall–Kier alpha value is -8.85. The van der Waals surface area contributed by atoms with Gasteiger partial charge in [0.2, 0.25) is 0 Å². The maximum absolute atomic E-state index is 10.9. The second kappa shape index (κ2) is 15.3. The van der Waals surface area contributed by atoms with Gasteiger partial charge in [-0.3, -0.25) is 0 Å². The molecule has 0 aliphatic heterocycles. The van der Waals surface area contributed by atoms with Gasteiger partial charge < -0.3 is 9.13 Å². The molecule has 0 aliphatic carbocycles. The van der Waals surface area contributed by atoms with Gasteiger partial charge in [-0.2, -0.15) is 5.26 Å². The van der Waals surface area contributed by atoms with E-state index in [2.05, 4.69) is 179 Å². The smallest absolute Gasteiger partial charge is 0.162 e. The van der Waals surface area contributed by atoms with E-state index in [0.29, 0.717) is 22.8 Å². The number of nitriles is 1. The Balaban J connectivity index is 1.20. The fourth-order valence-electron chi connectivity index (χ4n) is 9.52. The van der Waals surface area contributed by atoms with E-state index in [1.54, 1.807) is 0 Å². The van der Waals surface area contributed by atoms with Crippen molar-refractivity contribution in [3.63, 3.8) is 0 Å². The van der Waals surface area contributed by atoms with Crippen molar-refractivity contribution in [2.75, 3.05) is 0 Å². The molecule has 0 unspecified atom stereocenters. The Morgan fingerprint density at radius 1 is 0.344 bits per heavy atom. The zero-order chi connectivity index (χ0) is 42.6. The molecule has 12 aromatic rings. The number of hydrogen-bond donors (Lipinski definition) is 0. The summed E-state index contributed by atoms with van der Waals surface area (Å²) in [7, 11) is 0. The summed E-state index contributed by atoms with van der Waals surface area (Å²) < 4.78 is 4.76. The van der Waals surface area contributed by atoms with E-state index in [1.807, 2.05) is 60.7 Å². The monoisotopic (exact) mass is 815 g/mol. The lowest BCUT2D eigenvalue weighted by atomic mass is 9.91. The molecule has 5 heteroatoms. The van der Waals surface area contributed by atoms with E-state index >= 15 is 0 Å². The molecule has 0 radical (unpaired) electrons. The van der Waals surface area contributed by atoms with Crippen LogP contribution in [0, 0.1) is 11.3 Å². The molecule has 0 saturated heterocycles. The Kier molecular flexibility index (Phi) is 8.81. The molecule has 9 aromatic carbocycles. The van der Waals surface area contributed by atoms with E-state index < -0.39 is 0 Å². The minimum atomic E-state index is 0.432. The first kappa shape index (κ1) is 37.0. The molecule has 5 nitrogen and oxygen atoms in total. The molecule has 0 bridgehead atoms. The van der Waals surface area contributed by atoms with Crippen LogP contribution in [0.1, 0.15) is 5.56 Å². The van der Waals surface area contributed by atoms with Gasteiger partial charge in [0.05, 0.1) is 39.1 Å². The normalized spacial score (nSPS) is 11.4. The number of hydrogen-bond acceptors (Lipinski definition) is 3. The first-order chi connectivity index (χ1) is 31.7. The molecule has 0 N–H and O–H groups in total. The van der Waals surface area contributed by atoms with Crippen LogP contribution in [0.15, 0.2) is 224 Å². The van der Waals surface area contributed by atoms with Crippen LogP contribution in [0.4, 0.5) is 0 Å². The van der Waals surface area contributed by atoms with Gasteiger partial charge >= 0.3 is 0 Å². The van der Waals surface area contributed by atoms with Crippen LogP contribution in [-0.2, 0) is 0 Å². The highest BCUT2D eigenvalue weighted by Gasteiger charge is 2.25. The number of aromatic nitrogens is 4. The second-order valence-electron chi connectivity index (χ2n) is 16.0. The number of para-hydroxylation sites is 3. The highest BCUT2D eigenvalue weighted by atomic mass is 15.0. The Labute approximate surface area is 370 Å². The first-order valence-electron chi connectivity index (χ1n) is 21.5. The molecule has 0 atom stereocenters. The third-order valence-electron chi connectivity index (χ3n) is 12.4. The minimum Gasteiger partial charge on any atom is -0.309 e. The van der Waals surface area contributed by atoms with Crippen LogP contribution in [0.2, 0.25) is 0 Å². The van der Waals surface area contributed by atoms with Gasteiger partial charge in [0, 0.05) is 43.9 Å². The predicted octanol–water partition coefficient (Wildman–Crippen LogP) is 14.9. The molecule has 0 spiro atoms. The second-order valence-corrected chi connectivity index (χ2v) is 16.0. The molecule has 0 aliphatic rings. The third kappa shape index (κ3) is 6.00. The zero-order valence-corrected chi connectivity index (χ0v) is 34.6. The summed E-state index contributed by atoms with van der Waals surface area (Å²) in [5, 5.41) is 15.6. The van der Waals surface area contributed by atoms with Crippen LogP contribution < -0.4 is 0 Å². The fourth-order valence-corrected chi connectivity index (χ4v) is 9.52. The molecule has 0 saturated carbocycles. The third-order valence-corrected chi connectivity index (χ3v) is 12.4. The largest absolute Gasteiger partial charge is 0.309 e. The summed E-state index contributed by atoms with van der Waals surface area (Å²) in [5.74, 6) is 0.524. The number of rotatable bonds is 7. The number of fused-ring (bicyclic) bond motifs is 6. The molecular formula is C59H37N5. The molecule has 3 heterocycles. The SMILES string of the molecule is N#Cc1c(-c2ccccc2)nc(-c2cc(-c3ccccc3)c(-c3ccccc3)cc2-n2c3ccccc3c3cc(-n4c5ccccc5c5ccccc54)ccc32)nc1-c1ccccc1. The summed E-state index contributed by atoms with van der Waals surface area (Å²) in [6.45, 7) is 0. The van der Waals surface area contributed by atoms with Crippen LogP contribution >= 0.6 is 0 Å². The maximum atomic E-state index is 10.9. The average molecular weight is 816 g/mol. The van der Waals surface area contributed by atoms with Crippen molar-refractivity contribution in [1.82, 2.24) is 19.1 Å². The van der Waals surface area contributed by atoms with E-state index in [-0.39, 0.29) is 0 Å². The van der Waals surface area contributed by atoms with Crippen molar-refractivity contribution in [2.45, 2.75) is 0 Å². The van der Waals surface area contributed by atoms with Gasteiger partial charge in [0.25, 0.3) is 0 Å². The topological polar surface area (TPSA) is 59.4 Å². The van der Waals surface area contributed by atoms with Crippen LogP contribution in [-0.4, -0.2) is 19.1 Å². The minimum absolute atomic E-state index is 0.432. The predicted molar refractivity (Wildman–Crippen MR) is 263 cm³/mol. The summed E-state index contributed by atoms with van der Waals surface area (Å²) in [4.78, 5) is 10.8. The number of benzene rings is 9. The van der Waals surface area contributed by atoms with E-state index in [4.69, 9.17) is 9.97 Å². The fraction of sp³-hybridized carbons (Fsp3) is 0. The van der Waals surface area contributed by atoms with Gasteiger partial charge in [-0.15, -0.1) is 0 Å². The first-order valence-corrected chi connectivity index (χ1v) is 21.5. The van der Waals surface area contributed by atoms with Crippen LogP contribution in [0.3, 0.4) is 0 Å². The van der Waals surface area contributed by atoms with Gasteiger partial charge in [-0.05, 0) is 70.8 Å². The highest BCUT2D eigenvalue weighted by molar-refractivity contribution is 6.13. The highest BCUT2D eigenvalue weighted by Crippen LogP contribution is 2.44. The van der Waals surface area contributed by atoms with Gasteiger partial charge in [-0.25, -0.2) is 9.97 Å². The zero-order valence-electron chi connectivity index (χ0n) is 34.6. The molecule has 64 heavy (non-hydrogen) atoms. The summed E-state index contributed by atoms with van der Waals surface area (Å²) >= 11 is 0. The van der Waals surface area contributed by atoms with Crippen molar-refractivity contribution in [2.24, 2.45) is 0 Å². The Bertz CT molecular complexity index is 3650. The quantitative estimate of drug-likeness (QED) is 0.161. The summed E-state index contributed by atoms with van der Waals surface area (Å²) in [6, 6.07) is 81.0. The van der Waals surface area contributed by atoms with Crippen molar-refractivity contribution >= 4 is 43.6 Å². The lowest BCUT2D eigenvalue weighted by Crippen LogP contribution is -2.05. The molecule has 0 amide bonds. The van der Waals surface area contributed by atoms with E-state index in [9.17, 15) is 5.26 Å². The van der Waals surface area contributed by atoms with Crippen molar-refractivity contribution in [3.05, 3.63) is 230 Å². The van der Waals surface area contributed by atoms with E-state index in [0.717, 1.165) is 72.1 Å². The molecular weight excluding hydrogens is 779 g/mol. The van der Waals surface area contributed by atoms with Crippen molar-refractivity contribution < 1.29 is 0 Å². The molecule has 12 rings (SSSR count). The van der Waals surface area contributed by atoms with E-state index in [1.165, 1.54) is 21.8 Å². The van der Waals surface area contributed by atoms with Crippen molar-refractivity contribution in [1.29, 1.82) is 5.26 Å².